The van der Waals surface area contributed by atoms with Crippen LogP contribution >= 0.6 is 0 Å². The van der Waals surface area contributed by atoms with E-state index in [0.29, 0.717) is 6.61 Å². The van der Waals surface area contributed by atoms with Crippen LogP contribution in [-0.4, -0.2) is 24.9 Å². The Hall–Kier alpha value is -0.0800. The summed E-state index contributed by atoms with van der Waals surface area (Å²) in [5.41, 5.74) is 0. The Labute approximate surface area is 120 Å². The summed E-state index contributed by atoms with van der Waals surface area (Å²) in [4.78, 5) is 0. The van der Waals surface area contributed by atoms with Crippen LogP contribution in [0.3, 0.4) is 0 Å². The second-order valence-electron chi connectivity index (χ2n) is 5.58. The van der Waals surface area contributed by atoms with E-state index >= 15 is 0 Å². The topological polar surface area (TPSA) is 29.5 Å². The van der Waals surface area contributed by atoms with Gasteiger partial charge in [0.15, 0.2) is 0 Å². The Morgan fingerprint density at radius 3 is 1.47 bits per heavy atom. The van der Waals surface area contributed by atoms with E-state index in [9.17, 15) is 0 Å². The van der Waals surface area contributed by atoms with Crippen LogP contribution in [0.15, 0.2) is 0 Å². The van der Waals surface area contributed by atoms with Crippen molar-refractivity contribution in [2.24, 2.45) is 0 Å². The van der Waals surface area contributed by atoms with Gasteiger partial charge in [0.05, 0.1) is 0 Å². The molecule has 0 aliphatic heterocycles. The molecule has 0 aromatic rings. The quantitative estimate of drug-likeness (QED) is 0.397. The Morgan fingerprint density at radius 2 is 1.00 bits per heavy atom. The third-order valence-electron chi connectivity index (χ3n) is 3.59. The molecule has 0 aromatic heterocycles. The van der Waals surface area contributed by atoms with Crippen LogP contribution in [0.25, 0.3) is 0 Å². The fraction of sp³-hybridized carbons (Fsp3) is 1.00. The number of rotatable bonds is 16. The van der Waals surface area contributed by atoms with Crippen molar-refractivity contribution < 1.29 is 9.84 Å². The first-order chi connectivity index (χ1) is 9.41. The molecule has 2 heteroatoms. The predicted molar refractivity (Wildman–Crippen MR) is 83.6 cm³/mol. The highest BCUT2D eigenvalue weighted by Crippen LogP contribution is 2.08. The number of ether oxygens (including phenoxy) is 1. The zero-order valence-electron chi connectivity index (χ0n) is 13.2. The summed E-state index contributed by atoms with van der Waals surface area (Å²) in [7, 11) is 0. The summed E-state index contributed by atoms with van der Waals surface area (Å²) in [5.74, 6) is 0. The highest BCUT2D eigenvalue weighted by atomic mass is 16.5. The van der Waals surface area contributed by atoms with Gasteiger partial charge in [-0.2, -0.15) is 0 Å². The molecule has 0 radical (unpaired) electrons. The Bertz CT molecular complexity index is 132. The number of hydrogen-bond acceptors (Lipinski definition) is 2. The van der Waals surface area contributed by atoms with Crippen molar-refractivity contribution in [1.29, 1.82) is 0 Å². The lowest BCUT2D eigenvalue weighted by Crippen LogP contribution is -1.97. The van der Waals surface area contributed by atoms with E-state index < -0.39 is 0 Å². The lowest BCUT2D eigenvalue weighted by Gasteiger charge is -2.04. The smallest absolute Gasteiger partial charge is 0.0466 e. The number of aliphatic hydroxyl groups excluding tert-OH is 1. The Morgan fingerprint density at radius 1 is 0.579 bits per heavy atom. The standard InChI is InChI=1S/C17H36O2/c1-2-3-4-5-6-7-10-13-16-19-17-14-11-8-9-12-15-18/h18H,2-17H2,1H3. The molecule has 0 atom stereocenters. The highest BCUT2D eigenvalue weighted by Gasteiger charge is 1.93. The molecule has 0 bridgehead atoms. The summed E-state index contributed by atoms with van der Waals surface area (Å²) >= 11 is 0. The van der Waals surface area contributed by atoms with Crippen LogP contribution in [-0.2, 0) is 4.74 Å². The van der Waals surface area contributed by atoms with Gasteiger partial charge in [0.2, 0.25) is 0 Å². The van der Waals surface area contributed by atoms with Crippen molar-refractivity contribution in [3.8, 4) is 0 Å². The molecule has 0 unspecified atom stereocenters. The first-order valence-corrected chi connectivity index (χ1v) is 8.60. The molecule has 0 aliphatic carbocycles. The largest absolute Gasteiger partial charge is 0.396 e. The molecular formula is C17H36O2. The van der Waals surface area contributed by atoms with E-state index in [4.69, 9.17) is 9.84 Å². The maximum absolute atomic E-state index is 8.65. The van der Waals surface area contributed by atoms with Crippen LogP contribution in [0.2, 0.25) is 0 Å². The first-order valence-electron chi connectivity index (χ1n) is 8.60. The van der Waals surface area contributed by atoms with Gasteiger partial charge in [0, 0.05) is 19.8 Å². The lowest BCUT2D eigenvalue weighted by atomic mass is 10.1. The normalized spacial score (nSPS) is 11.1. The van der Waals surface area contributed by atoms with E-state index in [1.54, 1.807) is 0 Å². The zero-order valence-corrected chi connectivity index (χ0v) is 13.2. The van der Waals surface area contributed by atoms with Crippen LogP contribution in [0.1, 0.15) is 90.4 Å². The van der Waals surface area contributed by atoms with Gasteiger partial charge in [-0.05, 0) is 19.3 Å². The van der Waals surface area contributed by atoms with Crippen molar-refractivity contribution in [3.05, 3.63) is 0 Å². The molecule has 0 saturated carbocycles. The van der Waals surface area contributed by atoms with Gasteiger partial charge in [-0.25, -0.2) is 0 Å². The fourth-order valence-electron chi connectivity index (χ4n) is 2.29. The number of hydrogen-bond donors (Lipinski definition) is 1. The Balaban J connectivity index is 2.88. The van der Waals surface area contributed by atoms with Gasteiger partial charge >= 0.3 is 0 Å². The van der Waals surface area contributed by atoms with Gasteiger partial charge in [-0.15, -0.1) is 0 Å². The molecule has 0 aliphatic rings. The van der Waals surface area contributed by atoms with Gasteiger partial charge in [0.1, 0.15) is 0 Å². The van der Waals surface area contributed by atoms with Gasteiger partial charge in [-0.3, -0.25) is 0 Å². The maximum atomic E-state index is 8.65. The third-order valence-corrected chi connectivity index (χ3v) is 3.59. The SMILES string of the molecule is CCCCCCCCCCOCCCCCCCO. The molecule has 19 heavy (non-hydrogen) atoms. The van der Waals surface area contributed by atoms with Gasteiger partial charge in [0.25, 0.3) is 0 Å². The molecule has 0 spiro atoms. The summed E-state index contributed by atoms with van der Waals surface area (Å²) in [6.45, 7) is 4.49. The fourth-order valence-corrected chi connectivity index (χ4v) is 2.29. The van der Waals surface area contributed by atoms with Crippen molar-refractivity contribution in [3.63, 3.8) is 0 Å². The van der Waals surface area contributed by atoms with E-state index in [1.807, 2.05) is 0 Å². The Kier molecular flexibility index (Phi) is 17.8. The molecule has 2 nitrogen and oxygen atoms in total. The van der Waals surface area contributed by atoms with E-state index in [0.717, 1.165) is 26.1 Å². The summed E-state index contributed by atoms with van der Waals surface area (Å²) < 4.78 is 5.64. The molecular weight excluding hydrogens is 236 g/mol. The minimum atomic E-state index is 0.342. The summed E-state index contributed by atoms with van der Waals surface area (Å²) in [6.07, 6.45) is 16.7. The van der Waals surface area contributed by atoms with Crippen molar-refractivity contribution in [2.45, 2.75) is 90.4 Å². The van der Waals surface area contributed by atoms with E-state index in [1.165, 1.54) is 70.6 Å². The van der Waals surface area contributed by atoms with Gasteiger partial charge < -0.3 is 9.84 Å². The predicted octanol–water partition coefficient (Wildman–Crippen LogP) is 5.09. The summed E-state index contributed by atoms with van der Waals surface area (Å²) in [6, 6.07) is 0. The van der Waals surface area contributed by atoms with Crippen LogP contribution in [0.5, 0.6) is 0 Å². The molecule has 0 rings (SSSR count). The molecule has 116 valence electrons. The monoisotopic (exact) mass is 272 g/mol. The molecule has 0 aromatic carbocycles. The zero-order chi connectivity index (χ0) is 14.0. The van der Waals surface area contributed by atoms with Gasteiger partial charge in [-0.1, -0.05) is 71.1 Å². The maximum Gasteiger partial charge on any atom is 0.0466 e. The molecule has 1 N–H and O–H groups in total. The van der Waals surface area contributed by atoms with Crippen LogP contribution in [0, 0.1) is 0 Å². The molecule has 0 saturated heterocycles. The van der Waals surface area contributed by atoms with E-state index in [-0.39, 0.29) is 0 Å². The summed E-state index contributed by atoms with van der Waals surface area (Å²) in [5, 5.41) is 8.65. The molecule has 0 amide bonds. The molecule has 0 heterocycles. The van der Waals surface area contributed by atoms with Crippen molar-refractivity contribution >= 4 is 0 Å². The second-order valence-corrected chi connectivity index (χ2v) is 5.58. The van der Waals surface area contributed by atoms with E-state index in [2.05, 4.69) is 6.92 Å². The lowest BCUT2D eigenvalue weighted by molar-refractivity contribution is 0.125. The first kappa shape index (κ1) is 18.9. The molecule has 0 fully saturated rings. The van der Waals surface area contributed by atoms with Crippen LogP contribution in [0.4, 0.5) is 0 Å². The minimum absolute atomic E-state index is 0.342. The second kappa shape index (κ2) is 17.9. The van der Waals surface area contributed by atoms with Crippen LogP contribution < -0.4 is 0 Å². The average Bonchev–Trinajstić information content (AvgIpc) is 2.43. The minimum Gasteiger partial charge on any atom is -0.396 e. The third kappa shape index (κ3) is 17.9. The number of unbranched alkanes of at least 4 members (excludes halogenated alkanes) is 11. The van der Waals surface area contributed by atoms with Crippen molar-refractivity contribution in [2.75, 3.05) is 19.8 Å². The average molecular weight is 272 g/mol. The number of aliphatic hydroxyl groups is 1. The highest BCUT2D eigenvalue weighted by molar-refractivity contribution is 4.47. The van der Waals surface area contributed by atoms with Crippen molar-refractivity contribution in [1.82, 2.24) is 0 Å².